The monoisotopic (exact) mass is 178 g/mol. The number of hydrogen-bond donors (Lipinski definition) is 2. The summed E-state index contributed by atoms with van der Waals surface area (Å²) in [7, 11) is -0.335. The lowest BCUT2D eigenvalue weighted by molar-refractivity contribution is 0.402. The minimum atomic E-state index is -1.68. The third-order valence-corrected chi connectivity index (χ3v) is 1.53. The van der Waals surface area contributed by atoms with Gasteiger partial charge in [0.15, 0.2) is 0 Å². The Bertz CT molecular complexity index is 348. The molecule has 0 saturated heterocycles. The van der Waals surface area contributed by atoms with Crippen molar-refractivity contribution in [3.63, 3.8) is 0 Å². The first-order valence-electron chi connectivity index (χ1n) is 3.48. The lowest BCUT2D eigenvalue weighted by Gasteiger charge is -2.07. The first-order valence-corrected chi connectivity index (χ1v) is 3.48. The normalized spacial score (nSPS) is 9.08. The molecule has 0 aliphatic carbocycles. The number of aromatic nitrogens is 1. The molecule has 6 heteroatoms. The summed E-state index contributed by atoms with van der Waals surface area (Å²) in [6, 6.07) is 1.83. The Morgan fingerprint density at radius 2 is 2.23 bits per heavy atom. The second-order valence-electron chi connectivity index (χ2n) is 2.30. The topological polar surface area (TPSA) is 86.4 Å². The highest BCUT2D eigenvalue weighted by atomic mass is 16.5. The highest BCUT2D eigenvalue weighted by Gasteiger charge is 2.19. The van der Waals surface area contributed by atoms with Gasteiger partial charge in [0.05, 0.1) is 7.11 Å². The molecule has 1 aromatic heterocycles. The maximum absolute atomic E-state index is 8.88. The Balaban J connectivity index is 3.29. The Hall–Kier alpha value is -1.58. The van der Waals surface area contributed by atoms with Gasteiger partial charge in [-0.1, -0.05) is 0 Å². The minimum Gasteiger partial charge on any atom is -0.496 e. The van der Waals surface area contributed by atoms with E-state index >= 15 is 0 Å². The molecule has 0 aromatic carbocycles. The Labute approximate surface area is 75.4 Å². The molecule has 1 aromatic rings. The number of rotatable bonds is 2. The molecule has 66 valence electrons. The smallest absolute Gasteiger partial charge is 0.493 e. The van der Waals surface area contributed by atoms with E-state index in [0.29, 0.717) is 0 Å². The predicted molar refractivity (Wildman–Crippen MR) is 45.3 cm³/mol. The van der Waals surface area contributed by atoms with Crippen LogP contribution in [0.3, 0.4) is 0 Å². The van der Waals surface area contributed by atoms with Crippen molar-refractivity contribution < 1.29 is 14.8 Å². The Morgan fingerprint density at radius 1 is 1.54 bits per heavy atom. The van der Waals surface area contributed by atoms with Gasteiger partial charge in [-0.25, -0.2) is 0 Å². The molecule has 0 radical (unpaired) electrons. The Morgan fingerprint density at radius 3 is 2.69 bits per heavy atom. The van der Waals surface area contributed by atoms with Crippen LogP contribution >= 0.6 is 0 Å². The fraction of sp³-hybridized carbons (Fsp3) is 0.143. The van der Waals surface area contributed by atoms with Gasteiger partial charge in [0.2, 0.25) is 0 Å². The molecule has 1 rings (SSSR count). The third-order valence-electron chi connectivity index (χ3n) is 1.53. The van der Waals surface area contributed by atoms with E-state index in [2.05, 4.69) is 4.98 Å². The molecule has 1 heterocycles. The first-order chi connectivity index (χ1) is 6.20. The third kappa shape index (κ3) is 1.77. The summed E-state index contributed by atoms with van der Waals surface area (Å²) >= 11 is 0. The van der Waals surface area contributed by atoms with Gasteiger partial charge in [0.25, 0.3) is 0 Å². The molecular weight excluding hydrogens is 171 g/mol. The quantitative estimate of drug-likeness (QED) is 0.546. The van der Waals surface area contributed by atoms with Crippen molar-refractivity contribution in [2.45, 2.75) is 0 Å². The first kappa shape index (κ1) is 9.51. The number of ether oxygens (including phenoxy) is 1. The van der Waals surface area contributed by atoms with Crippen LogP contribution in [-0.2, 0) is 0 Å². The highest BCUT2D eigenvalue weighted by Crippen LogP contribution is 2.12. The summed E-state index contributed by atoms with van der Waals surface area (Å²) < 4.78 is 4.85. The molecule has 0 saturated carbocycles. The zero-order valence-electron chi connectivity index (χ0n) is 6.93. The van der Waals surface area contributed by atoms with Crippen LogP contribution in [0.25, 0.3) is 0 Å². The van der Waals surface area contributed by atoms with Crippen LogP contribution in [0.2, 0.25) is 0 Å². The molecule has 0 atom stereocenters. The molecule has 0 spiro atoms. The van der Waals surface area contributed by atoms with Crippen LogP contribution in [0.4, 0.5) is 0 Å². The van der Waals surface area contributed by atoms with Gasteiger partial charge in [0.1, 0.15) is 17.4 Å². The van der Waals surface area contributed by atoms with Crippen LogP contribution in [0.15, 0.2) is 12.4 Å². The van der Waals surface area contributed by atoms with Crippen molar-refractivity contribution in [3.8, 4) is 11.8 Å². The summed E-state index contributed by atoms with van der Waals surface area (Å²) in [6.45, 7) is 0. The van der Waals surface area contributed by atoms with Crippen molar-refractivity contribution in [2.24, 2.45) is 0 Å². The molecule has 0 bridgehead atoms. The highest BCUT2D eigenvalue weighted by molar-refractivity contribution is 6.59. The van der Waals surface area contributed by atoms with E-state index in [9.17, 15) is 0 Å². The van der Waals surface area contributed by atoms with Gasteiger partial charge >= 0.3 is 7.12 Å². The summed E-state index contributed by atoms with van der Waals surface area (Å²) in [5.41, 5.74) is 0.259. The SMILES string of the molecule is COc1c(C#N)cncc1B(O)O. The van der Waals surface area contributed by atoms with Gasteiger partial charge in [-0.05, 0) is 0 Å². The number of pyridine rings is 1. The van der Waals surface area contributed by atoms with Crippen LogP contribution < -0.4 is 10.2 Å². The van der Waals surface area contributed by atoms with Crippen molar-refractivity contribution in [2.75, 3.05) is 7.11 Å². The maximum atomic E-state index is 8.88. The largest absolute Gasteiger partial charge is 0.496 e. The zero-order valence-corrected chi connectivity index (χ0v) is 6.93. The average Bonchev–Trinajstić information content (AvgIpc) is 2.16. The number of nitriles is 1. The van der Waals surface area contributed by atoms with Gasteiger partial charge in [-0.15, -0.1) is 0 Å². The van der Waals surface area contributed by atoms with E-state index in [1.165, 1.54) is 19.5 Å². The second kappa shape index (κ2) is 3.89. The standard InChI is InChI=1S/C7H7BN2O3/c1-13-7-5(2-9)3-10-4-6(7)8(11)12/h3-4,11-12H,1H3. The number of methoxy groups -OCH3 is 1. The summed E-state index contributed by atoms with van der Waals surface area (Å²) in [6.07, 6.45) is 2.54. The van der Waals surface area contributed by atoms with Gasteiger partial charge in [0, 0.05) is 17.9 Å². The molecule has 0 aliphatic rings. The molecule has 0 aliphatic heterocycles. The van der Waals surface area contributed by atoms with Crippen molar-refractivity contribution in [1.82, 2.24) is 4.98 Å². The lowest BCUT2D eigenvalue weighted by atomic mass is 9.80. The maximum Gasteiger partial charge on any atom is 0.493 e. The summed E-state index contributed by atoms with van der Waals surface area (Å²) in [5.74, 6) is 0.146. The van der Waals surface area contributed by atoms with E-state index in [0.717, 1.165) is 0 Å². The predicted octanol–water partition coefficient (Wildman–Crippen LogP) is -1.36. The molecule has 0 unspecified atom stereocenters. The summed E-state index contributed by atoms with van der Waals surface area (Å²) in [4.78, 5) is 3.66. The molecule has 0 fully saturated rings. The number of nitrogens with zero attached hydrogens (tertiary/aromatic N) is 2. The van der Waals surface area contributed by atoms with Crippen molar-refractivity contribution >= 4 is 12.6 Å². The molecule has 0 amide bonds. The van der Waals surface area contributed by atoms with E-state index in [-0.39, 0.29) is 16.8 Å². The van der Waals surface area contributed by atoms with Crippen LogP contribution in [0.5, 0.6) is 5.75 Å². The van der Waals surface area contributed by atoms with Gasteiger partial charge in [-0.2, -0.15) is 5.26 Å². The lowest BCUT2D eigenvalue weighted by Crippen LogP contribution is -2.32. The van der Waals surface area contributed by atoms with Crippen LogP contribution in [-0.4, -0.2) is 29.3 Å². The van der Waals surface area contributed by atoms with E-state index < -0.39 is 7.12 Å². The van der Waals surface area contributed by atoms with Crippen molar-refractivity contribution in [1.29, 1.82) is 5.26 Å². The summed E-state index contributed by atoms with van der Waals surface area (Å²) in [5, 5.41) is 26.4. The fourth-order valence-corrected chi connectivity index (χ4v) is 0.956. The molecule has 13 heavy (non-hydrogen) atoms. The van der Waals surface area contributed by atoms with E-state index in [4.69, 9.17) is 20.0 Å². The number of hydrogen-bond acceptors (Lipinski definition) is 5. The second-order valence-corrected chi connectivity index (χ2v) is 2.30. The van der Waals surface area contributed by atoms with Crippen LogP contribution in [0.1, 0.15) is 5.56 Å². The average molecular weight is 178 g/mol. The Kier molecular flexibility index (Phi) is 2.85. The van der Waals surface area contributed by atoms with Crippen molar-refractivity contribution in [3.05, 3.63) is 18.0 Å². The minimum absolute atomic E-state index is 0.0848. The van der Waals surface area contributed by atoms with E-state index in [1.54, 1.807) is 0 Å². The van der Waals surface area contributed by atoms with Crippen LogP contribution in [0, 0.1) is 11.3 Å². The van der Waals surface area contributed by atoms with E-state index in [1.807, 2.05) is 6.07 Å². The molecule has 2 N–H and O–H groups in total. The molecule has 5 nitrogen and oxygen atoms in total. The van der Waals surface area contributed by atoms with Gasteiger partial charge < -0.3 is 14.8 Å². The fourth-order valence-electron chi connectivity index (χ4n) is 0.956. The van der Waals surface area contributed by atoms with Gasteiger partial charge in [-0.3, -0.25) is 4.98 Å². The zero-order chi connectivity index (χ0) is 9.84. The molecular formula is C7H7BN2O3.